The standard InChI is InChI=1S/C21H25.C16H21.C15H14.Zr/c1-20(2,3)16-9-7-14-11-15-8-10-17(21(4,5)6)13-19(15)18(14)12-16;1-10-2-3-13(4-10)16-14-6-11-5-12(8-14)9-15(16)7-11;1-12-3-7-14(8-4-12)11-15-9-5-13(2)6-10-15;/h7-13H,1-6H3;3-4,10-12,14-16H,5-9H2,1H3;3-10H,1-2H3;. The molecule has 0 radical (unpaired) electrons. The van der Waals surface area contributed by atoms with Crippen molar-refractivity contribution in [3.63, 3.8) is 0 Å². The van der Waals surface area contributed by atoms with Gasteiger partial charge in [0.1, 0.15) is 0 Å². The van der Waals surface area contributed by atoms with Crippen LogP contribution in [0.2, 0.25) is 0 Å². The molecule has 10 rings (SSSR count). The molecule has 0 nitrogen and oxygen atoms in total. The van der Waals surface area contributed by atoms with E-state index in [9.17, 15) is 0 Å². The van der Waals surface area contributed by atoms with Crippen LogP contribution in [0.4, 0.5) is 0 Å². The Morgan fingerprint density at radius 1 is 0.585 bits per heavy atom. The molecule has 0 spiro atoms. The third kappa shape index (κ3) is 6.34. The fourth-order valence-electron chi connectivity index (χ4n) is 11.6. The second kappa shape index (κ2) is 13.1. The predicted molar refractivity (Wildman–Crippen MR) is 223 cm³/mol. The van der Waals surface area contributed by atoms with Crippen molar-refractivity contribution in [3.8, 4) is 11.1 Å². The summed E-state index contributed by atoms with van der Waals surface area (Å²) < 4.78 is 3.91. The van der Waals surface area contributed by atoms with Crippen LogP contribution in [0.1, 0.15) is 129 Å². The van der Waals surface area contributed by atoms with Crippen molar-refractivity contribution < 1.29 is 21.3 Å². The van der Waals surface area contributed by atoms with Gasteiger partial charge in [-0.1, -0.05) is 0 Å². The van der Waals surface area contributed by atoms with Crippen molar-refractivity contribution in [3.05, 3.63) is 150 Å². The Hall–Kier alpha value is -2.89. The van der Waals surface area contributed by atoms with Crippen LogP contribution in [-0.4, -0.2) is 3.21 Å². The Morgan fingerprint density at radius 3 is 1.47 bits per heavy atom. The molecule has 0 N–H and O–H groups in total. The van der Waals surface area contributed by atoms with Gasteiger partial charge in [0, 0.05) is 0 Å². The Kier molecular flexibility index (Phi) is 8.86. The number of hydrogen-bond donors (Lipinski definition) is 0. The van der Waals surface area contributed by atoms with Gasteiger partial charge in [-0.25, -0.2) is 0 Å². The zero-order valence-corrected chi connectivity index (χ0v) is 36.3. The first-order chi connectivity index (χ1) is 25.2. The molecule has 0 amide bonds. The van der Waals surface area contributed by atoms with Crippen LogP contribution in [0.3, 0.4) is 0 Å². The molecule has 53 heavy (non-hydrogen) atoms. The zero-order valence-electron chi connectivity index (χ0n) is 33.8. The third-order valence-electron chi connectivity index (χ3n) is 14.2. The summed E-state index contributed by atoms with van der Waals surface area (Å²) in [5.74, 6) is 5.09. The van der Waals surface area contributed by atoms with Gasteiger partial charge in [0.15, 0.2) is 0 Å². The number of allylic oxidation sites excluding steroid dienone is 4. The average molecular weight is 776 g/mol. The van der Waals surface area contributed by atoms with Gasteiger partial charge in [-0.3, -0.25) is 0 Å². The van der Waals surface area contributed by atoms with Crippen LogP contribution in [-0.2, 0) is 32.1 Å². The van der Waals surface area contributed by atoms with Crippen LogP contribution in [0.15, 0.2) is 106 Å². The van der Waals surface area contributed by atoms with E-state index in [2.05, 4.69) is 159 Å². The molecule has 272 valence electrons. The molecule has 4 bridgehead atoms. The Morgan fingerprint density at radius 2 is 1.04 bits per heavy atom. The molecule has 4 aromatic carbocycles. The second-order valence-electron chi connectivity index (χ2n) is 20.1. The summed E-state index contributed by atoms with van der Waals surface area (Å²) in [6.07, 6.45) is 13.1. The van der Waals surface area contributed by atoms with Crippen molar-refractivity contribution in [2.75, 3.05) is 0 Å². The molecule has 6 aliphatic carbocycles. The molecule has 4 fully saturated rings. The quantitative estimate of drug-likeness (QED) is 0.189. The van der Waals surface area contributed by atoms with Crippen LogP contribution < -0.4 is 0 Å². The Labute approximate surface area is 328 Å². The van der Waals surface area contributed by atoms with Gasteiger partial charge in [0.25, 0.3) is 0 Å². The van der Waals surface area contributed by atoms with Crippen molar-refractivity contribution in [1.29, 1.82) is 0 Å². The van der Waals surface area contributed by atoms with E-state index in [1.54, 1.807) is 19.9 Å². The fourth-order valence-corrected chi connectivity index (χ4v) is 21.2. The summed E-state index contributed by atoms with van der Waals surface area (Å²) >= 11 is -2.90. The van der Waals surface area contributed by atoms with E-state index in [0.29, 0.717) is 9.54 Å². The molecule has 0 aromatic heterocycles. The van der Waals surface area contributed by atoms with E-state index in [1.807, 2.05) is 3.28 Å². The normalized spacial score (nSPS) is 26.0. The summed E-state index contributed by atoms with van der Waals surface area (Å²) in [6.45, 7) is 21.3. The third-order valence-corrected chi connectivity index (χ3v) is 22.9. The molecule has 0 aliphatic heterocycles. The number of hydrogen-bond acceptors (Lipinski definition) is 0. The molecular formula is C52H60Zr. The monoisotopic (exact) mass is 774 g/mol. The molecule has 4 aromatic rings. The summed E-state index contributed by atoms with van der Waals surface area (Å²) in [6, 6.07) is 34.5. The average Bonchev–Trinajstić information content (AvgIpc) is 3.63. The van der Waals surface area contributed by atoms with Crippen LogP contribution in [0.5, 0.6) is 0 Å². The van der Waals surface area contributed by atoms with Gasteiger partial charge in [-0.2, -0.15) is 0 Å². The van der Waals surface area contributed by atoms with Crippen LogP contribution >= 0.6 is 0 Å². The van der Waals surface area contributed by atoms with Gasteiger partial charge in [0.2, 0.25) is 0 Å². The van der Waals surface area contributed by atoms with Gasteiger partial charge in [-0.15, -0.1) is 0 Å². The molecule has 4 saturated carbocycles. The SMILES string of the molecule is Cc1ccc([C](c2ccc(C)cc2)=[Zr]([C]2=CC(C3C4CC5CC(C4)CC3C5)=CC2C)[CH]2c3ccc(C(C)(C)C)cc3-c3cc(C(C)(C)C)ccc32)cc1. The molecule has 1 heteroatoms. The first-order valence-corrected chi connectivity index (χ1v) is 24.7. The minimum absolute atomic E-state index is 0.0948. The summed E-state index contributed by atoms with van der Waals surface area (Å²) in [5.41, 5.74) is 16.5. The predicted octanol–water partition coefficient (Wildman–Crippen LogP) is 13.4. The molecule has 6 aliphatic rings. The summed E-state index contributed by atoms with van der Waals surface area (Å²) in [4.78, 5) is 0. The van der Waals surface area contributed by atoms with Crippen LogP contribution in [0, 0.1) is 49.4 Å². The van der Waals surface area contributed by atoms with Crippen molar-refractivity contribution >= 4 is 3.21 Å². The fraction of sp³-hybridized carbons (Fsp3) is 0.442. The maximum absolute atomic E-state index is 2.90. The molecule has 1 unspecified atom stereocenters. The maximum atomic E-state index is 2.86. The zero-order chi connectivity index (χ0) is 37.0. The van der Waals surface area contributed by atoms with Crippen molar-refractivity contribution in [1.82, 2.24) is 0 Å². The molecular weight excluding hydrogens is 716 g/mol. The van der Waals surface area contributed by atoms with Gasteiger partial charge < -0.3 is 0 Å². The van der Waals surface area contributed by atoms with Gasteiger partial charge >= 0.3 is 330 Å². The number of rotatable bonds is 5. The van der Waals surface area contributed by atoms with Crippen LogP contribution in [0.25, 0.3) is 11.1 Å². The first kappa shape index (κ1) is 35.8. The van der Waals surface area contributed by atoms with E-state index in [0.717, 1.165) is 29.6 Å². The summed E-state index contributed by atoms with van der Waals surface area (Å²) in [5, 5.41) is 0. The van der Waals surface area contributed by atoms with E-state index >= 15 is 0 Å². The second-order valence-corrected chi connectivity index (χ2v) is 26.2. The number of benzene rings is 4. The van der Waals surface area contributed by atoms with E-state index in [1.165, 1.54) is 76.6 Å². The van der Waals surface area contributed by atoms with E-state index in [-0.39, 0.29) is 10.8 Å². The molecule has 0 saturated heterocycles. The topological polar surface area (TPSA) is 0 Å². The minimum atomic E-state index is -2.90. The van der Waals surface area contributed by atoms with Crippen molar-refractivity contribution in [2.45, 2.75) is 109 Å². The summed E-state index contributed by atoms with van der Waals surface area (Å²) in [7, 11) is 0. The number of fused-ring (bicyclic) bond motifs is 3. The van der Waals surface area contributed by atoms with E-state index in [4.69, 9.17) is 0 Å². The Balaban J connectivity index is 1.32. The van der Waals surface area contributed by atoms with Crippen molar-refractivity contribution in [2.24, 2.45) is 35.5 Å². The van der Waals surface area contributed by atoms with E-state index < -0.39 is 21.3 Å². The molecule has 1 atom stereocenters. The number of aryl methyl sites for hydroxylation is 2. The van der Waals surface area contributed by atoms with Gasteiger partial charge in [-0.05, 0) is 0 Å². The Bertz CT molecular complexity index is 2030. The first-order valence-electron chi connectivity index (χ1n) is 20.8. The molecule has 0 heterocycles. The van der Waals surface area contributed by atoms with Gasteiger partial charge in [0.05, 0.1) is 0 Å².